The van der Waals surface area contributed by atoms with Crippen LogP contribution in [-0.4, -0.2) is 16.7 Å². The van der Waals surface area contributed by atoms with Gasteiger partial charge in [0.2, 0.25) is 5.88 Å². The number of pyridine rings is 1. The van der Waals surface area contributed by atoms with Crippen LogP contribution in [0.15, 0.2) is 42.5 Å². The van der Waals surface area contributed by atoms with Crippen molar-refractivity contribution in [1.82, 2.24) is 4.98 Å². The van der Waals surface area contributed by atoms with Crippen LogP contribution in [0.1, 0.15) is 12.6 Å². The first-order chi connectivity index (χ1) is 8.81. The molecule has 0 saturated heterocycles. The highest BCUT2D eigenvalue weighted by atomic mass is 16.5. The fourth-order valence-electron chi connectivity index (χ4n) is 1.52. The summed E-state index contributed by atoms with van der Waals surface area (Å²) in [5.74, 6) is 1.87. The van der Waals surface area contributed by atoms with Gasteiger partial charge in [0, 0.05) is 12.1 Å². The predicted molar refractivity (Wildman–Crippen MR) is 67.8 cm³/mol. The number of aromatic nitrogens is 1. The van der Waals surface area contributed by atoms with Gasteiger partial charge in [-0.15, -0.1) is 0 Å². The van der Waals surface area contributed by atoms with Crippen molar-refractivity contribution in [3.8, 4) is 17.4 Å². The maximum absolute atomic E-state index is 9.00. The summed E-state index contributed by atoms with van der Waals surface area (Å²) in [6.45, 7) is 2.44. The van der Waals surface area contributed by atoms with Crippen LogP contribution in [-0.2, 0) is 6.61 Å². The molecule has 1 heterocycles. The third-order valence-electron chi connectivity index (χ3n) is 2.28. The van der Waals surface area contributed by atoms with E-state index in [1.165, 1.54) is 0 Å². The summed E-state index contributed by atoms with van der Waals surface area (Å²) in [5.41, 5.74) is 0.577. The van der Waals surface area contributed by atoms with Crippen molar-refractivity contribution >= 4 is 0 Å². The van der Waals surface area contributed by atoms with Gasteiger partial charge < -0.3 is 14.6 Å². The Kier molecular flexibility index (Phi) is 4.15. The van der Waals surface area contributed by atoms with Gasteiger partial charge in [-0.3, -0.25) is 0 Å². The summed E-state index contributed by atoms with van der Waals surface area (Å²) in [5, 5.41) is 9.00. The molecular weight excluding hydrogens is 230 g/mol. The number of aliphatic hydroxyl groups excluding tert-OH is 1. The maximum Gasteiger partial charge on any atom is 0.219 e. The van der Waals surface area contributed by atoms with E-state index in [9.17, 15) is 0 Å². The van der Waals surface area contributed by atoms with E-state index in [-0.39, 0.29) is 6.61 Å². The normalized spacial score (nSPS) is 10.1. The highest BCUT2D eigenvalue weighted by Gasteiger charge is 2.01. The number of rotatable bonds is 5. The highest BCUT2D eigenvalue weighted by Crippen LogP contribution is 2.24. The second kappa shape index (κ2) is 6.02. The summed E-state index contributed by atoms with van der Waals surface area (Å²) >= 11 is 0. The topological polar surface area (TPSA) is 51.6 Å². The van der Waals surface area contributed by atoms with Gasteiger partial charge >= 0.3 is 0 Å². The SMILES string of the molecule is CCOc1cccc(Oc2cccc(CO)n2)c1. The molecule has 0 atom stereocenters. The molecule has 0 radical (unpaired) electrons. The largest absolute Gasteiger partial charge is 0.494 e. The van der Waals surface area contributed by atoms with Gasteiger partial charge in [0.15, 0.2) is 0 Å². The molecule has 0 aliphatic rings. The molecule has 1 aromatic carbocycles. The van der Waals surface area contributed by atoms with Gasteiger partial charge in [-0.05, 0) is 25.1 Å². The third-order valence-corrected chi connectivity index (χ3v) is 2.28. The minimum absolute atomic E-state index is 0.101. The van der Waals surface area contributed by atoms with Gasteiger partial charge in [-0.1, -0.05) is 12.1 Å². The Balaban J connectivity index is 2.14. The average molecular weight is 245 g/mol. The molecule has 0 aliphatic carbocycles. The molecule has 2 rings (SSSR count). The van der Waals surface area contributed by atoms with Crippen LogP contribution in [0.2, 0.25) is 0 Å². The predicted octanol–water partition coefficient (Wildman–Crippen LogP) is 2.76. The zero-order valence-corrected chi connectivity index (χ0v) is 10.2. The van der Waals surface area contributed by atoms with Crippen molar-refractivity contribution in [2.24, 2.45) is 0 Å². The molecule has 1 aromatic heterocycles. The summed E-state index contributed by atoms with van der Waals surface area (Å²) in [4.78, 5) is 4.15. The van der Waals surface area contributed by atoms with E-state index >= 15 is 0 Å². The van der Waals surface area contributed by atoms with Crippen molar-refractivity contribution in [1.29, 1.82) is 0 Å². The van der Waals surface area contributed by atoms with Crippen molar-refractivity contribution < 1.29 is 14.6 Å². The lowest BCUT2D eigenvalue weighted by molar-refractivity contribution is 0.275. The Morgan fingerprint density at radius 2 is 1.89 bits per heavy atom. The fourth-order valence-corrected chi connectivity index (χ4v) is 1.52. The molecule has 0 bridgehead atoms. The smallest absolute Gasteiger partial charge is 0.219 e. The first-order valence-electron chi connectivity index (χ1n) is 5.79. The molecule has 18 heavy (non-hydrogen) atoms. The van der Waals surface area contributed by atoms with Gasteiger partial charge in [0.1, 0.15) is 11.5 Å². The van der Waals surface area contributed by atoms with Gasteiger partial charge in [-0.2, -0.15) is 0 Å². The van der Waals surface area contributed by atoms with Crippen LogP contribution >= 0.6 is 0 Å². The lowest BCUT2D eigenvalue weighted by atomic mass is 10.3. The minimum atomic E-state index is -0.101. The van der Waals surface area contributed by atoms with Gasteiger partial charge in [-0.25, -0.2) is 4.98 Å². The molecule has 0 amide bonds. The van der Waals surface area contributed by atoms with E-state index in [1.807, 2.05) is 25.1 Å². The summed E-state index contributed by atoms with van der Waals surface area (Å²) in [6.07, 6.45) is 0. The van der Waals surface area contributed by atoms with Crippen molar-refractivity contribution in [2.75, 3.05) is 6.61 Å². The number of hydrogen-bond acceptors (Lipinski definition) is 4. The molecule has 0 unspecified atom stereocenters. The molecular formula is C14H15NO3. The number of hydrogen-bond donors (Lipinski definition) is 1. The zero-order chi connectivity index (χ0) is 12.8. The van der Waals surface area contributed by atoms with E-state index in [4.69, 9.17) is 14.6 Å². The molecule has 1 N–H and O–H groups in total. The van der Waals surface area contributed by atoms with E-state index < -0.39 is 0 Å². The lowest BCUT2D eigenvalue weighted by Crippen LogP contribution is -1.94. The van der Waals surface area contributed by atoms with Crippen molar-refractivity contribution in [3.63, 3.8) is 0 Å². The van der Waals surface area contributed by atoms with Crippen molar-refractivity contribution in [3.05, 3.63) is 48.2 Å². The second-order valence-corrected chi connectivity index (χ2v) is 3.64. The maximum atomic E-state index is 9.00. The first-order valence-corrected chi connectivity index (χ1v) is 5.79. The Hall–Kier alpha value is -2.07. The average Bonchev–Trinajstić information content (AvgIpc) is 2.40. The van der Waals surface area contributed by atoms with E-state index in [1.54, 1.807) is 24.3 Å². The molecule has 0 spiro atoms. The Morgan fingerprint density at radius 3 is 2.67 bits per heavy atom. The molecule has 0 fully saturated rings. The first kappa shape index (κ1) is 12.4. The molecule has 0 saturated carbocycles. The number of nitrogens with zero attached hydrogens (tertiary/aromatic N) is 1. The van der Waals surface area contributed by atoms with E-state index in [0.29, 0.717) is 23.9 Å². The molecule has 94 valence electrons. The highest BCUT2D eigenvalue weighted by molar-refractivity contribution is 5.35. The molecule has 0 aliphatic heterocycles. The third kappa shape index (κ3) is 3.21. The molecule has 4 heteroatoms. The number of aliphatic hydroxyl groups is 1. The lowest BCUT2D eigenvalue weighted by Gasteiger charge is -2.08. The van der Waals surface area contributed by atoms with E-state index in [2.05, 4.69) is 4.98 Å². The van der Waals surface area contributed by atoms with E-state index in [0.717, 1.165) is 5.75 Å². The minimum Gasteiger partial charge on any atom is -0.494 e. The Morgan fingerprint density at radius 1 is 1.11 bits per heavy atom. The van der Waals surface area contributed by atoms with Crippen LogP contribution in [0.3, 0.4) is 0 Å². The molecule has 2 aromatic rings. The monoisotopic (exact) mass is 245 g/mol. The van der Waals surface area contributed by atoms with Gasteiger partial charge in [0.25, 0.3) is 0 Å². The summed E-state index contributed by atoms with van der Waals surface area (Å²) in [6, 6.07) is 12.6. The van der Waals surface area contributed by atoms with Crippen LogP contribution in [0.25, 0.3) is 0 Å². The van der Waals surface area contributed by atoms with Crippen LogP contribution < -0.4 is 9.47 Å². The Labute approximate surface area is 106 Å². The van der Waals surface area contributed by atoms with Gasteiger partial charge in [0.05, 0.1) is 18.9 Å². The Bertz CT molecular complexity index is 514. The van der Waals surface area contributed by atoms with Crippen LogP contribution in [0.5, 0.6) is 17.4 Å². The second-order valence-electron chi connectivity index (χ2n) is 3.64. The standard InChI is InChI=1S/C14H15NO3/c1-2-17-12-6-4-7-13(9-12)18-14-8-3-5-11(10-16)15-14/h3-9,16H,2,10H2,1H3. The summed E-state index contributed by atoms with van der Waals surface area (Å²) < 4.78 is 11.0. The summed E-state index contributed by atoms with van der Waals surface area (Å²) in [7, 11) is 0. The van der Waals surface area contributed by atoms with Crippen LogP contribution in [0.4, 0.5) is 0 Å². The molecule has 4 nitrogen and oxygen atoms in total. The quantitative estimate of drug-likeness (QED) is 0.880. The zero-order valence-electron chi connectivity index (χ0n) is 10.2. The number of benzene rings is 1. The fraction of sp³-hybridized carbons (Fsp3) is 0.214. The number of ether oxygens (including phenoxy) is 2. The van der Waals surface area contributed by atoms with Crippen LogP contribution in [0, 0.1) is 0 Å². The van der Waals surface area contributed by atoms with Crippen molar-refractivity contribution in [2.45, 2.75) is 13.5 Å².